The van der Waals surface area contributed by atoms with Crippen molar-refractivity contribution in [2.75, 3.05) is 55.7 Å². The Labute approximate surface area is 163 Å². The van der Waals surface area contributed by atoms with Gasteiger partial charge >= 0.3 is 0 Å². The molecule has 2 fully saturated rings. The van der Waals surface area contributed by atoms with Crippen LogP contribution in [0.3, 0.4) is 0 Å². The number of anilines is 1. The summed E-state index contributed by atoms with van der Waals surface area (Å²) in [6.07, 6.45) is 0.643. The maximum Gasteiger partial charge on any atom is 0.236 e. The summed E-state index contributed by atoms with van der Waals surface area (Å²) in [4.78, 5) is 19.1. The van der Waals surface area contributed by atoms with Gasteiger partial charge in [-0.3, -0.25) is 9.69 Å². The summed E-state index contributed by atoms with van der Waals surface area (Å²) >= 11 is 0. The minimum absolute atomic E-state index is 0.0137. The lowest BCUT2D eigenvalue weighted by molar-refractivity contribution is -0.133. The fraction of sp³-hybridized carbons (Fsp3) is 0.650. The second kappa shape index (κ2) is 8.19. The third-order valence-electron chi connectivity index (χ3n) is 6.02. The van der Waals surface area contributed by atoms with E-state index in [1.165, 1.54) is 16.8 Å². The van der Waals surface area contributed by atoms with Crippen molar-refractivity contribution in [1.82, 2.24) is 9.80 Å². The van der Waals surface area contributed by atoms with Gasteiger partial charge in [0, 0.05) is 37.9 Å². The normalized spacial score (nSPS) is 22.4. The quantitative estimate of drug-likeness (QED) is 0.758. The zero-order chi connectivity index (χ0) is 19.6. The van der Waals surface area contributed by atoms with Crippen LogP contribution in [-0.4, -0.2) is 80.9 Å². The van der Waals surface area contributed by atoms with Crippen LogP contribution in [0.5, 0.6) is 0 Å². The molecule has 0 N–H and O–H groups in total. The highest BCUT2D eigenvalue weighted by atomic mass is 32.2. The molecule has 1 unspecified atom stereocenters. The number of carbonyl (C=O) groups excluding carboxylic acids is 1. The van der Waals surface area contributed by atoms with Crippen LogP contribution in [0, 0.1) is 13.8 Å². The van der Waals surface area contributed by atoms with E-state index >= 15 is 0 Å². The maximum absolute atomic E-state index is 12.8. The van der Waals surface area contributed by atoms with Gasteiger partial charge in [-0.05, 0) is 44.0 Å². The number of amides is 1. The first-order valence-corrected chi connectivity index (χ1v) is 11.7. The molecule has 2 saturated heterocycles. The van der Waals surface area contributed by atoms with Crippen molar-refractivity contribution in [1.29, 1.82) is 0 Å². The predicted molar refractivity (Wildman–Crippen MR) is 109 cm³/mol. The van der Waals surface area contributed by atoms with Gasteiger partial charge in [-0.1, -0.05) is 19.1 Å². The van der Waals surface area contributed by atoms with E-state index in [4.69, 9.17) is 0 Å². The smallest absolute Gasteiger partial charge is 0.236 e. The summed E-state index contributed by atoms with van der Waals surface area (Å²) in [5.74, 6) is 0.549. The molecule has 27 heavy (non-hydrogen) atoms. The van der Waals surface area contributed by atoms with Crippen molar-refractivity contribution in [3.63, 3.8) is 0 Å². The SMILES string of the molecule is CCN(CC(=O)N1CCN(c2cccc(C)c2C)CC1)C1CCS(=O)(=O)C1. The molecule has 7 heteroatoms. The molecule has 1 amide bonds. The molecule has 6 nitrogen and oxygen atoms in total. The fourth-order valence-electron chi connectivity index (χ4n) is 4.11. The van der Waals surface area contributed by atoms with Crippen LogP contribution in [-0.2, 0) is 14.6 Å². The van der Waals surface area contributed by atoms with E-state index in [1.807, 2.05) is 16.7 Å². The van der Waals surface area contributed by atoms with Crippen molar-refractivity contribution in [2.24, 2.45) is 0 Å². The average Bonchev–Trinajstić information content (AvgIpc) is 3.01. The highest BCUT2D eigenvalue weighted by Gasteiger charge is 2.33. The first-order valence-electron chi connectivity index (χ1n) is 9.84. The predicted octanol–water partition coefficient (Wildman–Crippen LogP) is 1.46. The molecule has 1 aromatic carbocycles. The number of sulfone groups is 1. The minimum Gasteiger partial charge on any atom is -0.368 e. The number of likely N-dealkylation sites (N-methyl/N-ethyl adjacent to an activating group) is 1. The Morgan fingerprint density at radius 3 is 2.48 bits per heavy atom. The van der Waals surface area contributed by atoms with Gasteiger partial charge in [0.15, 0.2) is 9.84 Å². The van der Waals surface area contributed by atoms with E-state index in [2.05, 4.69) is 36.9 Å². The summed E-state index contributed by atoms with van der Waals surface area (Å²) in [6, 6.07) is 6.35. The molecule has 1 aromatic rings. The van der Waals surface area contributed by atoms with E-state index in [1.54, 1.807) is 0 Å². The second-order valence-electron chi connectivity index (χ2n) is 7.71. The molecule has 2 aliphatic heterocycles. The van der Waals surface area contributed by atoms with E-state index in [-0.39, 0.29) is 23.5 Å². The zero-order valence-corrected chi connectivity index (χ0v) is 17.5. The van der Waals surface area contributed by atoms with Crippen molar-refractivity contribution in [3.05, 3.63) is 29.3 Å². The Morgan fingerprint density at radius 2 is 1.89 bits per heavy atom. The van der Waals surface area contributed by atoms with Gasteiger partial charge in [0.05, 0.1) is 18.1 Å². The lowest BCUT2D eigenvalue weighted by Gasteiger charge is -2.38. The topological polar surface area (TPSA) is 60.9 Å². The monoisotopic (exact) mass is 393 g/mol. The molecule has 2 aliphatic rings. The first kappa shape index (κ1) is 20.1. The Bertz CT molecular complexity index is 786. The van der Waals surface area contributed by atoms with Gasteiger partial charge in [0.25, 0.3) is 0 Å². The molecule has 0 aromatic heterocycles. The lowest BCUT2D eigenvalue weighted by Crippen LogP contribution is -2.52. The number of hydrogen-bond donors (Lipinski definition) is 0. The number of benzene rings is 1. The lowest BCUT2D eigenvalue weighted by atomic mass is 10.1. The van der Waals surface area contributed by atoms with Crippen LogP contribution in [0.25, 0.3) is 0 Å². The molecular formula is C20H31N3O3S. The Kier molecular flexibility index (Phi) is 6.11. The van der Waals surface area contributed by atoms with E-state index in [9.17, 15) is 13.2 Å². The first-order chi connectivity index (χ1) is 12.8. The molecule has 0 radical (unpaired) electrons. The molecule has 150 valence electrons. The second-order valence-corrected chi connectivity index (χ2v) is 9.94. The summed E-state index contributed by atoms with van der Waals surface area (Å²) in [5, 5.41) is 0. The van der Waals surface area contributed by atoms with Gasteiger partial charge in [-0.15, -0.1) is 0 Å². The van der Waals surface area contributed by atoms with Gasteiger partial charge in [0.2, 0.25) is 5.91 Å². The van der Waals surface area contributed by atoms with Crippen LogP contribution in [0.1, 0.15) is 24.5 Å². The highest BCUT2D eigenvalue weighted by Crippen LogP contribution is 2.24. The van der Waals surface area contributed by atoms with Crippen LogP contribution in [0.15, 0.2) is 18.2 Å². The molecule has 2 heterocycles. The van der Waals surface area contributed by atoms with Crippen molar-refractivity contribution < 1.29 is 13.2 Å². The van der Waals surface area contributed by atoms with Crippen LogP contribution < -0.4 is 4.90 Å². The number of nitrogens with zero attached hydrogens (tertiary/aromatic N) is 3. The number of aryl methyl sites for hydroxylation is 1. The summed E-state index contributed by atoms with van der Waals surface area (Å²) in [7, 11) is -2.93. The van der Waals surface area contributed by atoms with Crippen molar-refractivity contribution in [3.8, 4) is 0 Å². The van der Waals surface area contributed by atoms with Gasteiger partial charge in [-0.25, -0.2) is 8.42 Å². The third-order valence-corrected chi connectivity index (χ3v) is 7.77. The molecule has 0 saturated carbocycles. The summed E-state index contributed by atoms with van der Waals surface area (Å²) in [6.45, 7) is 10.4. The molecule has 0 bridgehead atoms. The van der Waals surface area contributed by atoms with Crippen LogP contribution >= 0.6 is 0 Å². The standard InChI is InChI=1S/C20H31N3O3S/c1-4-21(18-8-13-27(25,26)15-18)14-20(24)23-11-9-22(10-12-23)19-7-5-6-16(2)17(19)3/h5-7,18H,4,8-15H2,1-3H3. The minimum atomic E-state index is -2.93. The molecule has 3 rings (SSSR count). The summed E-state index contributed by atoms with van der Waals surface area (Å²) in [5.41, 5.74) is 3.85. The molecular weight excluding hydrogens is 362 g/mol. The Morgan fingerprint density at radius 1 is 1.19 bits per heavy atom. The van der Waals surface area contributed by atoms with Gasteiger partial charge < -0.3 is 9.80 Å². The van der Waals surface area contributed by atoms with Crippen LogP contribution in [0.4, 0.5) is 5.69 Å². The summed E-state index contributed by atoms with van der Waals surface area (Å²) < 4.78 is 23.5. The largest absolute Gasteiger partial charge is 0.368 e. The maximum atomic E-state index is 12.8. The third kappa shape index (κ3) is 4.63. The molecule has 1 atom stereocenters. The van der Waals surface area contributed by atoms with E-state index in [0.717, 1.165) is 13.1 Å². The fourth-order valence-corrected chi connectivity index (χ4v) is 5.87. The number of piperazine rings is 1. The van der Waals surface area contributed by atoms with Crippen molar-refractivity contribution in [2.45, 2.75) is 33.2 Å². The number of carbonyl (C=O) groups is 1. The Hall–Kier alpha value is -1.60. The van der Waals surface area contributed by atoms with Gasteiger partial charge in [-0.2, -0.15) is 0 Å². The van der Waals surface area contributed by atoms with E-state index < -0.39 is 9.84 Å². The van der Waals surface area contributed by atoms with E-state index in [0.29, 0.717) is 32.6 Å². The Balaban J connectivity index is 1.56. The highest BCUT2D eigenvalue weighted by molar-refractivity contribution is 7.91. The van der Waals surface area contributed by atoms with Gasteiger partial charge in [0.1, 0.15) is 0 Å². The molecule has 0 spiro atoms. The molecule has 0 aliphatic carbocycles. The van der Waals surface area contributed by atoms with Crippen LogP contribution in [0.2, 0.25) is 0 Å². The number of rotatable bonds is 5. The van der Waals surface area contributed by atoms with Crippen molar-refractivity contribution >= 4 is 21.4 Å². The zero-order valence-electron chi connectivity index (χ0n) is 16.6. The number of hydrogen-bond acceptors (Lipinski definition) is 5. The average molecular weight is 394 g/mol.